The minimum atomic E-state index is 0.737. The Hall–Kier alpha value is -0.830. The van der Waals surface area contributed by atoms with Gasteiger partial charge in [0.2, 0.25) is 0 Å². The lowest BCUT2D eigenvalue weighted by Crippen LogP contribution is -2.16. The second-order valence-electron chi connectivity index (χ2n) is 4.82. The van der Waals surface area contributed by atoms with Crippen LogP contribution in [0.2, 0.25) is 0 Å². The first-order chi connectivity index (χ1) is 7.86. The Morgan fingerprint density at radius 2 is 2.31 bits per heavy atom. The van der Waals surface area contributed by atoms with Crippen molar-refractivity contribution in [3.8, 4) is 0 Å². The van der Waals surface area contributed by atoms with Crippen molar-refractivity contribution in [2.24, 2.45) is 5.92 Å². The summed E-state index contributed by atoms with van der Waals surface area (Å²) in [7, 11) is 0. The summed E-state index contributed by atoms with van der Waals surface area (Å²) in [4.78, 5) is 4.28. The Kier molecular flexibility index (Phi) is 3.99. The third-order valence-electron chi connectivity index (χ3n) is 3.38. The molecule has 0 bridgehead atoms. The smallest absolute Gasteiger partial charge is 0.0951 e. The van der Waals surface area contributed by atoms with Crippen molar-refractivity contribution >= 4 is 0 Å². The highest BCUT2D eigenvalue weighted by Crippen LogP contribution is 2.46. The van der Waals surface area contributed by atoms with Crippen LogP contribution in [-0.4, -0.2) is 16.1 Å². The molecule has 16 heavy (non-hydrogen) atoms. The molecule has 1 aliphatic carbocycles. The maximum Gasteiger partial charge on any atom is 0.0951 e. The molecule has 2 rings (SSSR count). The molecule has 3 heteroatoms. The standard InChI is InChI=1S/C13H23N3/c1-3-5-11-7-13(11)16-10-15-9-12(16)8-14-6-4-2/h9-11,13-14H,3-8H2,1-2H3. The molecule has 3 nitrogen and oxygen atoms in total. The fourth-order valence-corrected chi connectivity index (χ4v) is 2.41. The first-order valence-corrected chi connectivity index (χ1v) is 6.58. The van der Waals surface area contributed by atoms with Crippen LogP contribution in [0.1, 0.15) is 51.3 Å². The normalized spacial score (nSPS) is 23.6. The Bertz CT molecular complexity index is 319. The van der Waals surface area contributed by atoms with Crippen LogP contribution < -0.4 is 5.32 Å². The van der Waals surface area contributed by atoms with Crippen LogP contribution >= 0.6 is 0 Å². The highest BCUT2D eigenvalue weighted by molar-refractivity contribution is 5.05. The number of imidazole rings is 1. The summed E-state index contributed by atoms with van der Waals surface area (Å²) in [6.45, 7) is 6.52. The van der Waals surface area contributed by atoms with Crippen molar-refractivity contribution in [3.63, 3.8) is 0 Å². The van der Waals surface area contributed by atoms with Crippen molar-refractivity contribution in [1.29, 1.82) is 0 Å². The number of aromatic nitrogens is 2. The summed E-state index contributed by atoms with van der Waals surface area (Å²) in [5.74, 6) is 0.907. The lowest BCUT2D eigenvalue weighted by molar-refractivity contribution is 0.569. The second kappa shape index (κ2) is 5.48. The van der Waals surface area contributed by atoms with Gasteiger partial charge in [0.15, 0.2) is 0 Å². The van der Waals surface area contributed by atoms with Gasteiger partial charge in [0.05, 0.1) is 12.0 Å². The summed E-state index contributed by atoms with van der Waals surface area (Å²) in [5, 5.41) is 3.45. The second-order valence-corrected chi connectivity index (χ2v) is 4.82. The van der Waals surface area contributed by atoms with Gasteiger partial charge in [-0.05, 0) is 31.7 Å². The van der Waals surface area contributed by atoms with E-state index in [0.29, 0.717) is 0 Å². The molecular formula is C13H23N3. The van der Waals surface area contributed by atoms with E-state index < -0.39 is 0 Å². The Morgan fingerprint density at radius 1 is 1.44 bits per heavy atom. The molecule has 1 heterocycles. The van der Waals surface area contributed by atoms with E-state index in [-0.39, 0.29) is 0 Å². The number of hydrogen-bond acceptors (Lipinski definition) is 2. The molecule has 1 aromatic heterocycles. The van der Waals surface area contributed by atoms with E-state index in [2.05, 4.69) is 28.7 Å². The SMILES string of the molecule is CCCNCc1cncn1C1CC1CCC. The van der Waals surface area contributed by atoms with Gasteiger partial charge in [-0.1, -0.05) is 20.3 Å². The van der Waals surface area contributed by atoms with Gasteiger partial charge >= 0.3 is 0 Å². The predicted octanol–water partition coefficient (Wildman–Crippen LogP) is 2.74. The van der Waals surface area contributed by atoms with Crippen molar-refractivity contribution in [2.75, 3.05) is 6.54 Å². The summed E-state index contributed by atoms with van der Waals surface area (Å²) in [6.07, 6.45) is 9.22. The van der Waals surface area contributed by atoms with Crippen LogP contribution in [0.25, 0.3) is 0 Å². The highest BCUT2D eigenvalue weighted by atomic mass is 15.1. The minimum Gasteiger partial charge on any atom is -0.330 e. The third kappa shape index (κ3) is 2.64. The van der Waals surface area contributed by atoms with Crippen LogP contribution in [-0.2, 0) is 6.54 Å². The van der Waals surface area contributed by atoms with Gasteiger partial charge in [-0.15, -0.1) is 0 Å². The minimum absolute atomic E-state index is 0.737. The van der Waals surface area contributed by atoms with E-state index in [1.807, 2.05) is 12.5 Å². The molecule has 90 valence electrons. The molecule has 0 saturated heterocycles. The van der Waals surface area contributed by atoms with Crippen molar-refractivity contribution in [1.82, 2.24) is 14.9 Å². The zero-order valence-corrected chi connectivity index (χ0v) is 10.4. The molecule has 0 aromatic carbocycles. The fraction of sp³-hybridized carbons (Fsp3) is 0.769. The molecule has 1 N–H and O–H groups in total. The number of rotatable bonds is 7. The van der Waals surface area contributed by atoms with Gasteiger partial charge in [-0.25, -0.2) is 4.98 Å². The van der Waals surface area contributed by atoms with Crippen LogP contribution in [0.15, 0.2) is 12.5 Å². The highest BCUT2D eigenvalue weighted by Gasteiger charge is 2.38. The van der Waals surface area contributed by atoms with E-state index >= 15 is 0 Å². The third-order valence-corrected chi connectivity index (χ3v) is 3.38. The maximum atomic E-state index is 4.28. The van der Waals surface area contributed by atoms with E-state index in [4.69, 9.17) is 0 Å². The monoisotopic (exact) mass is 221 g/mol. The van der Waals surface area contributed by atoms with E-state index in [0.717, 1.165) is 25.0 Å². The lowest BCUT2D eigenvalue weighted by atomic mass is 10.2. The van der Waals surface area contributed by atoms with Crippen LogP contribution in [0, 0.1) is 5.92 Å². The molecule has 1 aliphatic rings. The topological polar surface area (TPSA) is 29.9 Å². The largest absolute Gasteiger partial charge is 0.330 e. The summed E-state index contributed by atoms with van der Waals surface area (Å²) >= 11 is 0. The number of hydrogen-bond donors (Lipinski definition) is 1. The average Bonchev–Trinajstić information content (AvgIpc) is 2.89. The summed E-state index contributed by atoms with van der Waals surface area (Å²) < 4.78 is 2.38. The number of nitrogens with one attached hydrogen (secondary N) is 1. The molecule has 2 unspecified atom stereocenters. The van der Waals surface area contributed by atoms with Crippen molar-refractivity contribution in [3.05, 3.63) is 18.2 Å². The van der Waals surface area contributed by atoms with Crippen LogP contribution in [0.3, 0.4) is 0 Å². The van der Waals surface area contributed by atoms with Gasteiger partial charge < -0.3 is 9.88 Å². The molecule has 0 radical (unpaired) electrons. The van der Waals surface area contributed by atoms with Gasteiger partial charge in [-0.2, -0.15) is 0 Å². The van der Waals surface area contributed by atoms with Gasteiger partial charge in [-0.3, -0.25) is 0 Å². The fourth-order valence-electron chi connectivity index (χ4n) is 2.41. The molecular weight excluding hydrogens is 198 g/mol. The predicted molar refractivity (Wildman–Crippen MR) is 66.3 cm³/mol. The first-order valence-electron chi connectivity index (χ1n) is 6.58. The Morgan fingerprint density at radius 3 is 3.06 bits per heavy atom. The zero-order chi connectivity index (χ0) is 11.4. The molecule has 0 amide bonds. The van der Waals surface area contributed by atoms with Gasteiger partial charge in [0.1, 0.15) is 0 Å². The maximum absolute atomic E-state index is 4.28. The lowest BCUT2D eigenvalue weighted by Gasteiger charge is -2.08. The molecule has 1 saturated carbocycles. The van der Waals surface area contributed by atoms with Gasteiger partial charge in [0.25, 0.3) is 0 Å². The molecule has 2 atom stereocenters. The molecule has 1 fully saturated rings. The first kappa shape index (κ1) is 11.6. The van der Waals surface area contributed by atoms with Crippen molar-refractivity contribution < 1.29 is 0 Å². The van der Waals surface area contributed by atoms with Crippen LogP contribution in [0.4, 0.5) is 0 Å². The van der Waals surface area contributed by atoms with E-state index in [1.165, 1.54) is 31.4 Å². The zero-order valence-electron chi connectivity index (χ0n) is 10.4. The van der Waals surface area contributed by atoms with E-state index in [1.54, 1.807) is 0 Å². The molecule has 0 spiro atoms. The average molecular weight is 221 g/mol. The Balaban J connectivity index is 1.88. The Labute approximate surface area is 98.3 Å². The van der Waals surface area contributed by atoms with E-state index in [9.17, 15) is 0 Å². The van der Waals surface area contributed by atoms with Crippen molar-refractivity contribution in [2.45, 2.75) is 52.1 Å². The molecule has 1 aromatic rings. The van der Waals surface area contributed by atoms with Crippen LogP contribution in [0.5, 0.6) is 0 Å². The quantitative estimate of drug-likeness (QED) is 0.717. The summed E-state index contributed by atoms with van der Waals surface area (Å²) in [5.41, 5.74) is 1.34. The van der Waals surface area contributed by atoms with Gasteiger partial charge in [0, 0.05) is 18.8 Å². The summed E-state index contributed by atoms with van der Waals surface area (Å²) in [6, 6.07) is 0.737. The molecule has 0 aliphatic heterocycles. The number of nitrogens with zero attached hydrogens (tertiary/aromatic N) is 2.